The smallest absolute Gasteiger partial charge is 0.289 e. The molecule has 0 spiro atoms. The largest absolute Gasteiger partial charge is 0.315 e. The van der Waals surface area contributed by atoms with E-state index in [2.05, 4.69) is 5.10 Å². The molecule has 2 aromatic rings. The lowest BCUT2D eigenvalue weighted by Gasteiger charge is -2.17. The minimum absolute atomic E-state index is 0.145. The molecule has 0 amide bonds. The standard InChI is InChI=1S/C16H16Cl2N4O/c1-10-11(2)20-22(16(23)13(10)7-19)9-21(3)8-12-5-4-6-14(17)15(12)18/h4-6H,8-9H2,1-3H3/p+1. The number of nitriles is 1. The van der Waals surface area contributed by atoms with Crippen LogP contribution in [0.25, 0.3) is 0 Å². The van der Waals surface area contributed by atoms with Gasteiger partial charge in [0.05, 0.1) is 22.8 Å². The molecule has 7 heteroatoms. The molecule has 1 atom stereocenters. The molecule has 2 rings (SSSR count). The molecule has 0 aliphatic rings. The van der Waals surface area contributed by atoms with Crippen LogP contribution in [-0.2, 0) is 13.2 Å². The summed E-state index contributed by atoms with van der Waals surface area (Å²) < 4.78 is 1.33. The van der Waals surface area contributed by atoms with Crippen LogP contribution in [0, 0.1) is 25.2 Å². The van der Waals surface area contributed by atoms with Crippen LogP contribution >= 0.6 is 23.2 Å². The van der Waals surface area contributed by atoms with Gasteiger partial charge >= 0.3 is 0 Å². The third-order valence-electron chi connectivity index (χ3n) is 3.69. The Labute approximate surface area is 144 Å². The Balaban J connectivity index is 2.26. The Morgan fingerprint density at radius 1 is 1.35 bits per heavy atom. The van der Waals surface area contributed by atoms with Gasteiger partial charge in [-0.15, -0.1) is 0 Å². The number of aryl methyl sites for hydroxylation is 1. The Morgan fingerprint density at radius 2 is 2.04 bits per heavy atom. The highest BCUT2D eigenvalue weighted by Crippen LogP contribution is 2.24. The van der Waals surface area contributed by atoms with Crippen LogP contribution in [0.1, 0.15) is 22.4 Å². The van der Waals surface area contributed by atoms with Crippen LogP contribution in [0.2, 0.25) is 10.0 Å². The van der Waals surface area contributed by atoms with Gasteiger partial charge in [-0.1, -0.05) is 35.3 Å². The van der Waals surface area contributed by atoms with Crippen LogP contribution in [0.15, 0.2) is 23.0 Å². The number of benzene rings is 1. The average molecular weight is 352 g/mol. The Kier molecular flexibility index (Phi) is 5.42. The maximum Gasteiger partial charge on any atom is 0.289 e. The molecule has 1 heterocycles. The molecule has 0 bridgehead atoms. The molecule has 0 aliphatic heterocycles. The van der Waals surface area contributed by atoms with E-state index in [1.807, 2.05) is 25.2 Å². The van der Waals surface area contributed by atoms with Crippen molar-refractivity contribution in [2.45, 2.75) is 27.1 Å². The maximum absolute atomic E-state index is 12.3. The van der Waals surface area contributed by atoms with E-state index in [0.29, 0.717) is 34.5 Å². The predicted octanol–water partition coefficient (Wildman–Crippen LogP) is 1.71. The van der Waals surface area contributed by atoms with Crippen molar-refractivity contribution in [3.05, 3.63) is 61.0 Å². The monoisotopic (exact) mass is 351 g/mol. The SMILES string of the molecule is Cc1nn(C[NH+](C)Cc2cccc(Cl)c2Cl)c(=O)c(C#N)c1C. The Hall–Kier alpha value is -1.87. The topological polar surface area (TPSA) is 63.1 Å². The Morgan fingerprint density at radius 3 is 2.70 bits per heavy atom. The summed E-state index contributed by atoms with van der Waals surface area (Å²) >= 11 is 12.2. The zero-order chi connectivity index (χ0) is 17.1. The molecule has 0 aliphatic carbocycles. The summed E-state index contributed by atoms with van der Waals surface area (Å²) in [6.07, 6.45) is 0. The first-order chi connectivity index (χ1) is 10.8. The quantitative estimate of drug-likeness (QED) is 0.911. The molecule has 1 unspecified atom stereocenters. The van der Waals surface area contributed by atoms with Gasteiger partial charge in [-0.3, -0.25) is 4.79 Å². The second-order valence-corrected chi connectivity index (χ2v) is 6.29. The van der Waals surface area contributed by atoms with Gasteiger partial charge in [-0.2, -0.15) is 15.0 Å². The van der Waals surface area contributed by atoms with Gasteiger partial charge in [-0.25, -0.2) is 0 Å². The van der Waals surface area contributed by atoms with Gasteiger partial charge < -0.3 is 4.90 Å². The minimum atomic E-state index is -0.368. The molecule has 5 nitrogen and oxygen atoms in total. The van der Waals surface area contributed by atoms with Gasteiger partial charge in [0.15, 0.2) is 6.67 Å². The first-order valence-corrected chi connectivity index (χ1v) is 7.83. The summed E-state index contributed by atoms with van der Waals surface area (Å²) in [5.74, 6) is 0. The average Bonchev–Trinajstić information content (AvgIpc) is 2.50. The highest BCUT2D eigenvalue weighted by molar-refractivity contribution is 6.42. The highest BCUT2D eigenvalue weighted by atomic mass is 35.5. The summed E-state index contributed by atoms with van der Waals surface area (Å²) in [5, 5.41) is 14.5. The Bertz CT molecular complexity index is 839. The fourth-order valence-electron chi connectivity index (χ4n) is 2.33. The highest BCUT2D eigenvalue weighted by Gasteiger charge is 2.15. The molecule has 0 saturated carbocycles. The molecule has 1 N–H and O–H groups in total. The van der Waals surface area contributed by atoms with Crippen molar-refractivity contribution >= 4 is 23.2 Å². The summed E-state index contributed by atoms with van der Waals surface area (Å²) in [5.41, 5.74) is 1.98. The van der Waals surface area contributed by atoms with Crippen LogP contribution in [0.4, 0.5) is 0 Å². The first-order valence-electron chi connectivity index (χ1n) is 7.07. The van der Waals surface area contributed by atoms with Crippen molar-refractivity contribution < 1.29 is 4.90 Å². The van der Waals surface area contributed by atoms with E-state index in [4.69, 9.17) is 28.5 Å². The lowest BCUT2D eigenvalue weighted by molar-refractivity contribution is -0.917. The van der Waals surface area contributed by atoms with Crippen molar-refractivity contribution in [3.8, 4) is 6.07 Å². The number of nitrogens with zero attached hydrogens (tertiary/aromatic N) is 3. The first kappa shape index (κ1) is 17.5. The van der Waals surface area contributed by atoms with E-state index in [-0.39, 0.29) is 11.1 Å². The van der Waals surface area contributed by atoms with Gasteiger partial charge in [0.2, 0.25) is 0 Å². The zero-order valence-electron chi connectivity index (χ0n) is 13.2. The predicted molar refractivity (Wildman–Crippen MR) is 89.7 cm³/mol. The third kappa shape index (κ3) is 3.73. The lowest BCUT2D eigenvalue weighted by atomic mass is 10.1. The fourth-order valence-corrected chi connectivity index (χ4v) is 2.72. The summed E-state index contributed by atoms with van der Waals surface area (Å²) in [6.45, 7) is 4.43. The summed E-state index contributed by atoms with van der Waals surface area (Å²) in [4.78, 5) is 13.3. The number of hydrogen-bond donors (Lipinski definition) is 1. The van der Waals surface area contributed by atoms with E-state index in [1.54, 1.807) is 19.9 Å². The van der Waals surface area contributed by atoms with Crippen LogP contribution < -0.4 is 10.5 Å². The molecule has 0 radical (unpaired) electrons. The number of aromatic nitrogens is 2. The van der Waals surface area contributed by atoms with E-state index in [0.717, 1.165) is 10.5 Å². The van der Waals surface area contributed by atoms with E-state index in [1.165, 1.54) is 4.68 Å². The normalized spacial score (nSPS) is 12.0. The minimum Gasteiger partial charge on any atom is -0.315 e. The molecular weight excluding hydrogens is 335 g/mol. The van der Waals surface area contributed by atoms with Crippen molar-refractivity contribution in [1.82, 2.24) is 9.78 Å². The third-order valence-corrected chi connectivity index (χ3v) is 4.55. The van der Waals surface area contributed by atoms with Gasteiger partial charge in [0, 0.05) is 5.56 Å². The molecule has 1 aromatic heterocycles. The molecule has 0 fully saturated rings. The molecule has 0 saturated heterocycles. The second-order valence-electron chi connectivity index (χ2n) is 5.51. The summed E-state index contributed by atoms with van der Waals surface area (Å²) in [6, 6.07) is 7.43. The number of quaternary nitrogens is 1. The number of halogens is 2. The number of rotatable bonds is 4. The van der Waals surface area contributed by atoms with Crippen molar-refractivity contribution in [1.29, 1.82) is 5.26 Å². The van der Waals surface area contributed by atoms with Gasteiger partial charge in [-0.05, 0) is 25.5 Å². The molecule has 120 valence electrons. The van der Waals surface area contributed by atoms with Crippen molar-refractivity contribution in [2.75, 3.05) is 7.05 Å². The van der Waals surface area contributed by atoms with Gasteiger partial charge in [0.25, 0.3) is 5.56 Å². The van der Waals surface area contributed by atoms with E-state index in [9.17, 15) is 4.79 Å². The number of hydrogen-bond acceptors (Lipinski definition) is 3. The molecule has 23 heavy (non-hydrogen) atoms. The van der Waals surface area contributed by atoms with Crippen molar-refractivity contribution in [2.24, 2.45) is 0 Å². The lowest BCUT2D eigenvalue weighted by Crippen LogP contribution is -3.07. The van der Waals surface area contributed by atoms with Gasteiger partial charge in [0.1, 0.15) is 18.2 Å². The van der Waals surface area contributed by atoms with Crippen LogP contribution in [-0.4, -0.2) is 16.8 Å². The van der Waals surface area contributed by atoms with Crippen LogP contribution in [0.5, 0.6) is 0 Å². The second kappa shape index (κ2) is 7.14. The fraction of sp³-hybridized carbons (Fsp3) is 0.312. The molecular formula is C16H17Cl2N4O+. The van der Waals surface area contributed by atoms with Crippen LogP contribution in [0.3, 0.4) is 0 Å². The molecule has 1 aromatic carbocycles. The maximum atomic E-state index is 12.3. The van der Waals surface area contributed by atoms with Crippen molar-refractivity contribution in [3.63, 3.8) is 0 Å². The van der Waals surface area contributed by atoms with E-state index >= 15 is 0 Å². The number of nitrogens with one attached hydrogen (secondary N) is 1. The zero-order valence-corrected chi connectivity index (χ0v) is 14.7. The van der Waals surface area contributed by atoms with E-state index < -0.39 is 0 Å². The summed E-state index contributed by atoms with van der Waals surface area (Å²) in [7, 11) is 1.92.